The molecule has 1 heterocycles. The molecule has 10 nitrogen and oxygen atoms in total. The number of oxazole rings is 1. The fourth-order valence-electron chi connectivity index (χ4n) is 3.05. The highest BCUT2D eigenvalue weighted by atomic mass is 35.5. The number of anilines is 1. The van der Waals surface area contributed by atoms with Crippen molar-refractivity contribution in [2.75, 3.05) is 5.32 Å². The highest BCUT2D eigenvalue weighted by Gasteiger charge is 2.20. The summed E-state index contributed by atoms with van der Waals surface area (Å²) in [6.07, 6.45) is 0. The van der Waals surface area contributed by atoms with Crippen LogP contribution in [0.2, 0.25) is 5.02 Å². The predicted octanol–water partition coefficient (Wildman–Crippen LogP) is 5.53. The van der Waals surface area contributed by atoms with Gasteiger partial charge in [-0.05, 0) is 42.8 Å². The third-order valence-electron chi connectivity index (χ3n) is 4.67. The number of rotatable bonds is 5. The third kappa shape index (κ3) is 4.12. The van der Waals surface area contributed by atoms with E-state index in [1.807, 2.05) is 0 Å². The van der Waals surface area contributed by atoms with Crippen LogP contribution < -0.4 is 5.32 Å². The van der Waals surface area contributed by atoms with E-state index in [4.69, 9.17) is 16.0 Å². The molecule has 1 amide bonds. The minimum atomic E-state index is -0.796. The Morgan fingerprint density at radius 1 is 1.00 bits per heavy atom. The third-order valence-corrected chi connectivity index (χ3v) is 4.90. The maximum atomic E-state index is 12.7. The van der Waals surface area contributed by atoms with E-state index in [9.17, 15) is 25.0 Å². The molecule has 32 heavy (non-hydrogen) atoms. The molecule has 0 radical (unpaired) electrons. The van der Waals surface area contributed by atoms with E-state index in [0.717, 1.165) is 18.2 Å². The zero-order chi connectivity index (χ0) is 23.0. The monoisotopic (exact) mass is 452 g/mol. The lowest BCUT2D eigenvalue weighted by molar-refractivity contribution is -0.394. The smallest absolute Gasteiger partial charge is 0.277 e. The molecular weight excluding hydrogens is 440 g/mol. The number of nitro benzene ring substituents is 2. The second kappa shape index (κ2) is 8.08. The molecule has 1 aromatic heterocycles. The van der Waals surface area contributed by atoms with Crippen LogP contribution in [0.1, 0.15) is 15.9 Å². The Labute approximate surface area is 184 Å². The summed E-state index contributed by atoms with van der Waals surface area (Å²) in [7, 11) is 0. The molecule has 0 fully saturated rings. The van der Waals surface area contributed by atoms with Gasteiger partial charge in [-0.15, -0.1) is 0 Å². The van der Waals surface area contributed by atoms with E-state index in [2.05, 4.69) is 10.3 Å². The summed E-state index contributed by atoms with van der Waals surface area (Å²) in [5, 5.41) is 25.3. The Morgan fingerprint density at radius 2 is 1.69 bits per heavy atom. The number of aromatic nitrogens is 1. The quantitative estimate of drug-likeness (QED) is 0.310. The number of amides is 1. The van der Waals surface area contributed by atoms with E-state index in [-0.39, 0.29) is 5.56 Å². The van der Waals surface area contributed by atoms with Crippen LogP contribution in [0.5, 0.6) is 0 Å². The summed E-state index contributed by atoms with van der Waals surface area (Å²) in [5.41, 5.74) is 1.44. The zero-order valence-corrected chi connectivity index (χ0v) is 17.1. The first kappa shape index (κ1) is 20.9. The predicted molar refractivity (Wildman–Crippen MR) is 117 cm³/mol. The number of aryl methyl sites for hydroxylation is 1. The largest absolute Gasteiger partial charge is 0.436 e. The first-order chi connectivity index (χ1) is 15.2. The number of carbonyl (C=O) groups excluding carboxylic acids is 1. The molecule has 1 N–H and O–H groups in total. The fourth-order valence-corrected chi connectivity index (χ4v) is 3.21. The molecule has 0 saturated heterocycles. The van der Waals surface area contributed by atoms with Crippen LogP contribution >= 0.6 is 11.6 Å². The van der Waals surface area contributed by atoms with Gasteiger partial charge in [-0.25, -0.2) is 4.98 Å². The number of non-ortho nitro benzene ring substituents is 2. The van der Waals surface area contributed by atoms with E-state index >= 15 is 0 Å². The minimum absolute atomic E-state index is 0.216. The van der Waals surface area contributed by atoms with Crippen molar-refractivity contribution in [3.63, 3.8) is 0 Å². The molecule has 0 saturated carbocycles. The molecule has 160 valence electrons. The first-order valence-corrected chi connectivity index (χ1v) is 9.51. The second-order valence-corrected chi connectivity index (χ2v) is 7.30. The lowest BCUT2D eigenvalue weighted by atomic mass is 10.1. The molecule has 0 spiro atoms. The lowest BCUT2D eigenvalue weighted by Gasteiger charge is -2.10. The van der Waals surface area contributed by atoms with Gasteiger partial charge in [0.05, 0.1) is 21.5 Å². The van der Waals surface area contributed by atoms with Gasteiger partial charge in [0, 0.05) is 28.4 Å². The standard InChI is InChI=1S/C21H13ClN4O6/c1-11-2-3-12(21-24-18-9-14(22)4-5-19(18)32-21)8-17(11)23-20(27)13-6-15(25(28)29)10-16(7-13)26(30)31/h2-10H,1H3,(H,23,27). The van der Waals surface area contributed by atoms with E-state index in [0.29, 0.717) is 38.8 Å². The van der Waals surface area contributed by atoms with Gasteiger partial charge in [0.1, 0.15) is 5.52 Å². The van der Waals surface area contributed by atoms with Gasteiger partial charge in [0.25, 0.3) is 17.3 Å². The summed E-state index contributed by atoms with van der Waals surface area (Å²) in [6, 6.07) is 12.9. The average molecular weight is 453 g/mol. The number of fused-ring (bicyclic) bond motifs is 1. The Balaban J connectivity index is 1.68. The number of nitrogens with one attached hydrogen (secondary N) is 1. The normalized spacial score (nSPS) is 10.8. The Kier molecular flexibility index (Phi) is 5.29. The summed E-state index contributed by atoms with van der Waals surface area (Å²) in [4.78, 5) is 37.7. The van der Waals surface area contributed by atoms with Crippen molar-refractivity contribution >= 4 is 45.7 Å². The lowest BCUT2D eigenvalue weighted by Crippen LogP contribution is -2.13. The molecule has 4 rings (SSSR count). The second-order valence-electron chi connectivity index (χ2n) is 6.87. The Bertz CT molecular complexity index is 1380. The number of nitrogens with zero attached hydrogens (tertiary/aromatic N) is 3. The number of halogens is 1. The Morgan fingerprint density at radius 3 is 2.34 bits per heavy atom. The molecule has 0 aliphatic rings. The fraction of sp³-hybridized carbons (Fsp3) is 0.0476. The van der Waals surface area contributed by atoms with Crippen molar-refractivity contribution in [2.24, 2.45) is 0 Å². The van der Waals surface area contributed by atoms with Gasteiger partial charge < -0.3 is 9.73 Å². The number of benzene rings is 3. The molecular formula is C21H13ClN4O6. The van der Waals surface area contributed by atoms with Crippen molar-refractivity contribution in [1.29, 1.82) is 0 Å². The molecule has 11 heteroatoms. The van der Waals surface area contributed by atoms with Crippen LogP contribution in [0.15, 0.2) is 59.0 Å². The minimum Gasteiger partial charge on any atom is -0.436 e. The van der Waals surface area contributed by atoms with Crippen LogP contribution in [0.3, 0.4) is 0 Å². The van der Waals surface area contributed by atoms with Crippen molar-refractivity contribution in [3.8, 4) is 11.5 Å². The van der Waals surface area contributed by atoms with Crippen LogP contribution in [0, 0.1) is 27.2 Å². The van der Waals surface area contributed by atoms with E-state index < -0.39 is 27.1 Å². The summed E-state index contributed by atoms with van der Waals surface area (Å²) in [6.45, 7) is 1.75. The van der Waals surface area contributed by atoms with E-state index in [1.165, 1.54) is 0 Å². The number of carbonyl (C=O) groups is 1. The molecule has 0 unspecified atom stereocenters. The highest BCUT2D eigenvalue weighted by molar-refractivity contribution is 6.31. The van der Waals surface area contributed by atoms with Gasteiger partial charge >= 0.3 is 0 Å². The number of hydrogen-bond donors (Lipinski definition) is 1. The number of hydrogen-bond acceptors (Lipinski definition) is 7. The first-order valence-electron chi connectivity index (χ1n) is 9.13. The highest BCUT2D eigenvalue weighted by Crippen LogP contribution is 2.30. The Hall–Kier alpha value is -4.31. The van der Waals surface area contributed by atoms with Crippen LogP contribution in [0.4, 0.5) is 17.1 Å². The molecule has 0 aliphatic carbocycles. The van der Waals surface area contributed by atoms with Crippen molar-refractivity contribution in [2.45, 2.75) is 6.92 Å². The SMILES string of the molecule is Cc1ccc(-c2nc3cc(Cl)ccc3o2)cc1NC(=O)c1cc([N+](=O)[O-])cc([N+](=O)[O-])c1. The number of nitro groups is 2. The van der Waals surface area contributed by atoms with Crippen molar-refractivity contribution in [1.82, 2.24) is 4.98 Å². The summed E-state index contributed by atoms with van der Waals surface area (Å²) in [5.74, 6) is -0.426. The van der Waals surface area contributed by atoms with Crippen LogP contribution in [-0.2, 0) is 0 Å². The summed E-state index contributed by atoms with van der Waals surface area (Å²) >= 11 is 5.98. The van der Waals surface area contributed by atoms with Crippen molar-refractivity contribution < 1.29 is 19.1 Å². The van der Waals surface area contributed by atoms with Gasteiger partial charge in [-0.2, -0.15) is 0 Å². The van der Waals surface area contributed by atoms with Crippen LogP contribution in [-0.4, -0.2) is 20.7 Å². The average Bonchev–Trinajstić information content (AvgIpc) is 3.18. The summed E-state index contributed by atoms with van der Waals surface area (Å²) < 4.78 is 5.75. The molecule has 4 aromatic rings. The van der Waals surface area contributed by atoms with Crippen LogP contribution in [0.25, 0.3) is 22.6 Å². The topological polar surface area (TPSA) is 141 Å². The molecule has 0 bridgehead atoms. The van der Waals surface area contributed by atoms with Crippen molar-refractivity contribution in [3.05, 3.63) is 91.0 Å². The molecule has 3 aromatic carbocycles. The maximum absolute atomic E-state index is 12.7. The van der Waals surface area contributed by atoms with Gasteiger partial charge in [0.15, 0.2) is 5.58 Å². The van der Waals surface area contributed by atoms with Gasteiger partial charge in [0.2, 0.25) is 5.89 Å². The maximum Gasteiger partial charge on any atom is 0.277 e. The van der Waals surface area contributed by atoms with E-state index in [1.54, 1.807) is 43.3 Å². The van der Waals surface area contributed by atoms with Gasteiger partial charge in [-0.1, -0.05) is 17.7 Å². The zero-order valence-electron chi connectivity index (χ0n) is 16.4. The van der Waals surface area contributed by atoms with Gasteiger partial charge in [-0.3, -0.25) is 25.0 Å². The molecule has 0 aliphatic heterocycles. The molecule has 0 atom stereocenters.